The fourth-order valence-electron chi connectivity index (χ4n) is 4.35. The number of carbonyl (C=O) groups excluding carboxylic acids is 3. The normalized spacial score (nSPS) is 19.0. The van der Waals surface area contributed by atoms with Crippen LogP contribution < -0.4 is 15.5 Å². The van der Waals surface area contributed by atoms with Gasteiger partial charge in [0.05, 0.1) is 5.92 Å². The minimum atomic E-state index is -2.28. The SMILES string of the molecule is CC(OC(=O)NC(C)C(O)([PH+]=O)C1(C(=O)NC(C)C(=O)O)CCN(c2ccccc2)CC1)OC(=O)C(C)C. The van der Waals surface area contributed by atoms with E-state index in [1.54, 1.807) is 13.8 Å². The van der Waals surface area contributed by atoms with Gasteiger partial charge in [-0.25, -0.2) is 4.79 Å². The van der Waals surface area contributed by atoms with Gasteiger partial charge in [0.25, 0.3) is 5.34 Å². The van der Waals surface area contributed by atoms with Crippen molar-refractivity contribution in [1.82, 2.24) is 10.6 Å². The molecule has 1 aromatic rings. The number of carboxylic acids is 1. The van der Waals surface area contributed by atoms with E-state index in [1.165, 1.54) is 20.8 Å². The van der Waals surface area contributed by atoms with Gasteiger partial charge in [-0.2, -0.15) is 0 Å². The number of rotatable bonds is 11. The number of carbonyl (C=O) groups is 4. The van der Waals surface area contributed by atoms with Crippen molar-refractivity contribution in [2.45, 2.75) is 71.2 Å². The summed E-state index contributed by atoms with van der Waals surface area (Å²) in [4.78, 5) is 51.2. The summed E-state index contributed by atoms with van der Waals surface area (Å²) in [5.41, 5.74) is -0.807. The van der Waals surface area contributed by atoms with E-state index in [1.807, 2.05) is 35.2 Å². The first kappa shape index (κ1) is 31.0. The van der Waals surface area contributed by atoms with E-state index < -0.39 is 67.4 Å². The molecule has 1 heterocycles. The molecular formula is C25H37N3O9P+. The summed E-state index contributed by atoms with van der Waals surface area (Å²) in [5.74, 6) is -3.08. The standard InChI is InChI=1S/C25H36N3O9P/c1-15(2)21(31)36-18(5)37-23(33)27-17(4)25(34,38-35)24(22(32)26-16(3)20(29)30)11-13-28(14-12-24)19-9-7-6-8-10-19/h6-10,15-18,34H,11-14H2,1-5H3,(H,26,32)(H,27,33)(H,29,30)/p+1. The van der Waals surface area contributed by atoms with Gasteiger partial charge in [-0.15, -0.1) is 0 Å². The highest BCUT2D eigenvalue weighted by molar-refractivity contribution is 7.26. The van der Waals surface area contributed by atoms with Crippen LogP contribution in [0, 0.1) is 11.3 Å². The number of hydrogen-bond acceptors (Lipinski definition) is 9. The van der Waals surface area contributed by atoms with E-state index in [2.05, 4.69) is 10.6 Å². The van der Waals surface area contributed by atoms with Gasteiger partial charge in [0.15, 0.2) is 0 Å². The van der Waals surface area contributed by atoms with Crippen molar-refractivity contribution < 1.29 is 43.4 Å². The Bertz CT molecular complexity index is 1010. The maximum Gasteiger partial charge on any atom is 0.410 e. The second kappa shape index (κ2) is 13.0. The molecule has 1 aromatic carbocycles. The van der Waals surface area contributed by atoms with E-state index in [0.717, 1.165) is 5.69 Å². The molecule has 1 saturated heterocycles. The molecule has 0 aliphatic carbocycles. The molecule has 0 aromatic heterocycles. The van der Waals surface area contributed by atoms with Gasteiger partial charge in [0.2, 0.25) is 12.2 Å². The minimum absolute atomic E-state index is 0.0231. The first-order chi connectivity index (χ1) is 17.8. The van der Waals surface area contributed by atoms with E-state index in [-0.39, 0.29) is 12.8 Å². The summed E-state index contributed by atoms with van der Waals surface area (Å²) in [6.07, 6.45) is -2.25. The lowest BCUT2D eigenvalue weighted by Crippen LogP contribution is -2.66. The van der Waals surface area contributed by atoms with Crippen molar-refractivity contribution in [3.63, 3.8) is 0 Å². The second-order valence-electron chi connectivity index (χ2n) is 9.74. The molecule has 2 amide bonds. The Morgan fingerprint density at radius 3 is 2.08 bits per heavy atom. The molecule has 1 aliphatic heterocycles. The summed E-state index contributed by atoms with van der Waals surface area (Å²) < 4.78 is 22.6. The van der Waals surface area contributed by atoms with Gasteiger partial charge in [-0.05, 0) is 38.8 Å². The molecule has 0 spiro atoms. The molecule has 210 valence electrons. The van der Waals surface area contributed by atoms with E-state index in [9.17, 15) is 34.0 Å². The fourth-order valence-corrected chi connectivity index (χ4v) is 5.16. The van der Waals surface area contributed by atoms with Crippen LogP contribution >= 0.6 is 8.46 Å². The zero-order valence-electron chi connectivity index (χ0n) is 22.2. The van der Waals surface area contributed by atoms with E-state index in [0.29, 0.717) is 13.1 Å². The Kier molecular flexibility index (Phi) is 10.6. The summed E-state index contributed by atoms with van der Waals surface area (Å²) in [6.45, 7) is 7.82. The smallest absolute Gasteiger partial charge is 0.410 e. The van der Waals surface area contributed by atoms with Gasteiger partial charge in [0.1, 0.15) is 17.5 Å². The molecule has 0 radical (unpaired) electrons. The number of nitrogens with zero attached hydrogens (tertiary/aromatic N) is 1. The second-order valence-corrected chi connectivity index (χ2v) is 10.7. The zero-order chi connectivity index (χ0) is 28.7. The van der Waals surface area contributed by atoms with E-state index >= 15 is 0 Å². The molecule has 12 nitrogen and oxygen atoms in total. The summed E-state index contributed by atoms with van der Waals surface area (Å²) in [7, 11) is -1.46. The quantitative estimate of drug-likeness (QED) is 0.181. The van der Waals surface area contributed by atoms with Crippen LogP contribution in [0.4, 0.5) is 10.5 Å². The highest BCUT2D eigenvalue weighted by atomic mass is 31.1. The lowest BCUT2D eigenvalue weighted by Gasteiger charge is -2.46. The van der Waals surface area contributed by atoms with Gasteiger partial charge in [0, 0.05) is 25.7 Å². The number of esters is 1. The predicted molar refractivity (Wildman–Crippen MR) is 139 cm³/mol. The Morgan fingerprint density at radius 1 is 1.00 bits per heavy atom. The Labute approximate surface area is 223 Å². The van der Waals surface area contributed by atoms with Crippen LogP contribution in [0.2, 0.25) is 0 Å². The zero-order valence-corrected chi connectivity index (χ0v) is 23.2. The minimum Gasteiger partial charge on any atom is -0.480 e. The van der Waals surface area contributed by atoms with Gasteiger partial charge in [-0.1, -0.05) is 36.6 Å². The number of piperidine rings is 1. The number of para-hydroxylation sites is 1. The number of aliphatic hydroxyl groups is 1. The molecule has 0 bridgehead atoms. The van der Waals surface area contributed by atoms with Crippen molar-refractivity contribution in [3.05, 3.63) is 30.3 Å². The summed E-state index contributed by atoms with van der Waals surface area (Å²) in [6, 6.07) is 6.86. The van der Waals surface area contributed by atoms with Crippen molar-refractivity contribution in [2.75, 3.05) is 18.0 Å². The van der Waals surface area contributed by atoms with Crippen LogP contribution in [-0.4, -0.2) is 71.0 Å². The van der Waals surface area contributed by atoms with Crippen LogP contribution in [0.5, 0.6) is 0 Å². The van der Waals surface area contributed by atoms with Crippen LogP contribution in [0.3, 0.4) is 0 Å². The summed E-state index contributed by atoms with van der Waals surface area (Å²) >= 11 is 0. The number of benzene rings is 1. The summed E-state index contributed by atoms with van der Waals surface area (Å²) in [5, 5.41) is 23.6. The molecule has 13 heteroatoms. The number of nitrogens with one attached hydrogen (secondary N) is 2. The molecule has 0 saturated carbocycles. The number of alkyl carbamates (subject to hydrolysis) is 1. The molecule has 38 heavy (non-hydrogen) atoms. The maximum absolute atomic E-state index is 13.5. The molecule has 4 N–H and O–H groups in total. The topological polar surface area (TPSA) is 172 Å². The van der Waals surface area contributed by atoms with Crippen LogP contribution in [0.15, 0.2) is 30.3 Å². The molecular weight excluding hydrogens is 517 g/mol. The average molecular weight is 555 g/mol. The Balaban J connectivity index is 2.29. The molecule has 2 rings (SSSR count). The molecule has 5 unspecified atom stereocenters. The van der Waals surface area contributed by atoms with Crippen LogP contribution in [-0.2, 0) is 28.4 Å². The Hall–Kier alpha value is -3.24. The number of anilines is 1. The highest BCUT2D eigenvalue weighted by Gasteiger charge is 2.66. The van der Waals surface area contributed by atoms with Crippen molar-refractivity contribution in [1.29, 1.82) is 0 Å². The van der Waals surface area contributed by atoms with Gasteiger partial charge < -0.3 is 35.2 Å². The van der Waals surface area contributed by atoms with E-state index in [4.69, 9.17) is 9.47 Å². The third-order valence-electron chi connectivity index (χ3n) is 6.76. The Morgan fingerprint density at radius 2 is 1.58 bits per heavy atom. The van der Waals surface area contributed by atoms with Crippen molar-refractivity contribution in [2.24, 2.45) is 11.3 Å². The number of ether oxygens (including phenoxy) is 2. The number of hydrogen-bond donors (Lipinski definition) is 4. The van der Waals surface area contributed by atoms with Gasteiger partial charge in [-0.3, -0.25) is 14.4 Å². The number of carboxylic acid groups (broad SMARTS) is 1. The predicted octanol–water partition coefficient (Wildman–Crippen LogP) is 2.24. The van der Waals surface area contributed by atoms with Gasteiger partial charge >= 0.3 is 26.5 Å². The molecule has 1 aliphatic rings. The molecule has 5 atom stereocenters. The third kappa shape index (κ3) is 6.99. The van der Waals surface area contributed by atoms with Crippen LogP contribution in [0.25, 0.3) is 0 Å². The first-order valence-electron chi connectivity index (χ1n) is 12.4. The number of aliphatic carboxylic acids is 1. The lowest BCUT2D eigenvalue weighted by molar-refractivity contribution is -0.169. The third-order valence-corrected chi connectivity index (χ3v) is 7.99. The molecule has 1 fully saturated rings. The largest absolute Gasteiger partial charge is 0.480 e. The maximum atomic E-state index is 13.5. The average Bonchev–Trinajstić information content (AvgIpc) is 2.88. The fraction of sp³-hybridized carbons (Fsp3) is 0.600. The lowest BCUT2D eigenvalue weighted by atomic mass is 9.69. The monoisotopic (exact) mass is 554 g/mol. The highest BCUT2D eigenvalue weighted by Crippen LogP contribution is 2.50. The first-order valence-corrected chi connectivity index (χ1v) is 13.3. The van der Waals surface area contributed by atoms with Crippen molar-refractivity contribution >= 4 is 38.1 Å². The number of amides is 2. The van der Waals surface area contributed by atoms with Crippen LogP contribution in [0.1, 0.15) is 47.5 Å². The van der Waals surface area contributed by atoms with Crippen molar-refractivity contribution in [3.8, 4) is 0 Å².